The van der Waals surface area contributed by atoms with Crippen molar-refractivity contribution in [2.75, 3.05) is 6.61 Å². The largest absolute Gasteiger partial charge is 0.466 e. The molecular weight excluding hydrogens is 374 g/mol. The average molecular weight is 395 g/mol. The molecule has 2 aromatic rings. The van der Waals surface area contributed by atoms with E-state index in [-0.39, 0.29) is 17.3 Å². The van der Waals surface area contributed by atoms with Gasteiger partial charge >= 0.3 is 5.97 Å². The number of nitrogens with one attached hydrogen (secondary N) is 4. The van der Waals surface area contributed by atoms with E-state index in [4.69, 9.17) is 9.88 Å². The third-order valence-corrected chi connectivity index (χ3v) is 4.92. The quantitative estimate of drug-likeness (QED) is 0.382. The van der Waals surface area contributed by atoms with Gasteiger partial charge in [0.15, 0.2) is 0 Å². The Kier molecular flexibility index (Phi) is 5.84. The number of primary sulfonamides is 1. The molecule has 0 unspecified atom stereocenters. The summed E-state index contributed by atoms with van der Waals surface area (Å²) in [6.45, 7) is 2.43. The van der Waals surface area contributed by atoms with Crippen LogP contribution in [-0.4, -0.2) is 30.8 Å². The molecule has 1 aliphatic rings. The van der Waals surface area contributed by atoms with Crippen molar-refractivity contribution < 1.29 is 17.9 Å². The number of aromatic nitrogens is 2. The van der Waals surface area contributed by atoms with Crippen molar-refractivity contribution in [2.45, 2.75) is 31.0 Å². The summed E-state index contributed by atoms with van der Waals surface area (Å²) in [6, 6.07) is 4.84. The molecule has 0 aliphatic carbocycles. The number of hydrogen-bond acceptors (Lipinski definition) is 9. The van der Waals surface area contributed by atoms with Crippen LogP contribution in [0.2, 0.25) is 0 Å². The molecule has 27 heavy (non-hydrogen) atoms. The van der Waals surface area contributed by atoms with E-state index in [0.29, 0.717) is 29.8 Å². The molecule has 1 fully saturated rings. The van der Waals surface area contributed by atoms with Gasteiger partial charge in [0.2, 0.25) is 10.0 Å². The second kappa shape index (κ2) is 8.12. The third kappa shape index (κ3) is 4.50. The van der Waals surface area contributed by atoms with Gasteiger partial charge in [0, 0.05) is 17.3 Å². The molecule has 146 valence electrons. The molecule has 0 radical (unpaired) electrons. The van der Waals surface area contributed by atoms with Gasteiger partial charge in [0.05, 0.1) is 30.7 Å². The molecule has 0 atom stereocenters. The Morgan fingerprint density at radius 3 is 2.74 bits per heavy atom. The first-order valence-electron chi connectivity index (χ1n) is 8.25. The van der Waals surface area contributed by atoms with Gasteiger partial charge in [0.1, 0.15) is 6.17 Å². The molecule has 1 saturated heterocycles. The van der Waals surface area contributed by atoms with Gasteiger partial charge in [-0.1, -0.05) is 12.1 Å². The van der Waals surface area contributed by atoms with E-state index in [1.165, 1.54) is 6.07 Å². The summed E-state index contributed by atoms with van der Waals surface area (Å²) in [7, 11) is -3.95. The lowest BCUT2D eigenvalue weighted by molar-refractivity contribution is -0.143. The van der Waals surface area contributed by atoms with Crippen LogP contribution in [-0.2, 0) is 26.1 Å². The molecule has 3 rings (SSSR count). The lowest BCUT2D eigenvalue weighted by Crippen LogP contribution is -2.33. The van der Waals surface area contributed by atoms with Crippen molar-refractivity contribution in [1.29, 1.82) is 0 Å². The smallest absolute Gasteiger partial charge is 0.307 e. The number of rotatable bonds is 7. The number of ether oxygens (including phenoxy) is 1. The van der Waals surface area contributed by atoms with Crippen LogP contribution in [0.1, 0.15) is 25.1 Å². The number of hydrazine groups is 3. The van der Waals surface area contributed by atoms with E-state index in [1.807, 2.05) is 0 Å². The first-order valence-corrected chi connectivity index (χ1v) is 9.80. The van der Waals surface area contributed by atoms with Crippen LogP contribution in [0.15, 0.2) is 35.5 Å². The number of sulfonamides is 1. The summed E-state index contributed by atoms with van der Waals surface area (Å²) in [6.07, 6.45) is 2.99. The summed E-state index contributed by atoms with van der Waals surface area (Å²) >= 11 is 0. The van der Waals surface area contributed by atoms with Crippen molar-refractivity contribution in [3.05, 3.63) is 36.2 Å². The van der Waals surface area contributed by atoms with Gasteiger partial charge in [0.25, 0.3) is 0 Å². The highest BCUT2D eigenvalue weighted by Gasteiger charge is 2.27. The number of aryl methyl sites for hydroxylation is 1. The third-order valence-electron chi connectivity index (χ3n) is 3.95. The molecule has 1 aromatic heterocycles. The zero-order valence-electron chi connectivity index (χ0n) is 14.6. The fraction of sp³-hybridized carbons (Fsp3) is 0.333. The summed E-state index contributed by atoms with van der Waals surface area (Å²) in [5.74, 6) is -0.303. The monoisotopic (exact) mass is 395 g/mol. The summed E-state index contributed by atoms with van der Waals surface area (Å²) in [4.78, 5) is 11.5. The van der Waals surface area contributed by atoms with Crippen LogP contribution < -0.4 is 27.1 Å². The van der Waals surface area contributed by atoms with Crippen molar-refractivity contribution in [1.82, 2.24) is 31.7 Å². The number of nitrogens with two attached hydrogens (primary N) is 1. The molecule has 0 amide bonds. The van der Waals surface area contributed by atoms with Gasteiger partial charge in [-0.2, -0.15) is 16.2 Å². The second-order valence-corrected chi connectivity index (χ2v) is 7.31. The lowest BCUT2D eigenvalue weighted by Gasteiger charge is -2.17. The van der Waals surface area contributed by atoms with Crippen molar-refractivity contribution in [2.24, 2.45) is 5.14 Å². The maximum atomic E-state index is 12.0. The highest BCUT2D eigenvalue weighted by atomic mass is 32.2. The van der Waals surface area contributed by atoms with Crippen LogP contribution >= 0.6 is 0 Å². The predicted molar refractivity (Wildman–Crippen MR) is 95.6 cm³/mol. The Morgan fingerprint density at radius 2 is 2.07 bits per heavy atom. The normalized spacial score (nSPS) is 15.2. The second-order valence-electron chi connectivity index (χ2n) is 5.78. The van der Waals surface area contributed by atoms with E-state index >= 15 is 0 Å². The van der Waals surface area contributed by atoms with E-state index in [1.54, 1.807) is 36.1 Å². The van der Waals surface area contributed by atoms with Crippen LogP contribution in [0.3, 0.4) is 0 Å². The molecular formula is C15H21N7O4S. The SMILES string of the molecule is CCOC(=O)CCn1cc(-c2cccc(S(N)(=O)=O)c2C2NNNN2)cn1. The minimum atomic E-state index is -3.95. The summed E-state index contributed by atoms with van der Waals surface area (Å²) < 4.78 is 30.6. The van der Waals surface area contributed by atoms with E-state index in [9.17, 15) is 13.2 Å². The fourth-order valence-corrected chi connectivity index (χ4v) is 3.61. The minimum Gasteiger partial charge on any atom is -0.466 e. The first kappa shape index (κ1) is 19.4. The zero-order valence-corrected chi connectivity index (χ0v) is 15.4. The number of carbonyl (C=O) groups is 1. The molecule has 0 spiro atoms. The molecule has 0 saturated carbocycles. The van der Waals surface area contributed by atoms with E-state index < -0.39 is 16.2 Å². The fourth-order valence-electron chi connectivity index (χ4n) is 2.80. The summed E-state index contributed by atoms with van der Waals surface area (Å²) in [5.41, 5.74) is 12.8. The molecule has 0 bridgehead atoms. The molecule has 1 aliphatic heterocycles. The van der Waals surface area contributed by atoms with Crippen molar-refractivity contribution >= 4 is 16.0 Å². The molecule has 12 heteroatoms. The van der Waals surface area contributed by atoms with E-state index in [0.717, 1.165) is 0 Å². The Labute approximate surface area is 156 Å². The topological polar surface area (TPSA) is 152 Å². The van der Waals surface area contributed by atoms with Crippen molar-refractivity contribution in [3.8, 4) is 11.1 Å². The first-order chi connectivity index (χ1) is 12.9. The highest BCUT2D eigenvalue weighted by molar-refractivity contribution is 7.89. The van der Waals surface area contributed by atoms with E-state index in [2.05, 4.69) is 27.0 Å². The van der Waals surface area contributed by atoms with Gasteiger partial charge in [-0.15, -0.1) is 0 Å². The van der Waals surface area contributed by atoms with Gasteiger partial charge in [-0.05, 0) is 18.6 Å². The minimum absolute atomic E-state index is 0.00484. The number of esters is 1. The Bertz CT molecular complexity index is 922. The van der Waals surface area contributed by atoms with Crippen LogP contribution in [0.4, 0.5) is 0 Å². The van der Waals surface area contributed by atoms with Gasteiger partial charge in [-0.3, -0.25) is 9.48 Å². The van der Waals surface area contributed by atoms with Gasteiger partial charge in [-0.25, -0.2) is 24.4 Å². The molecule has 11 nitrogen and oxygen atoms in total. The van der Waals surface area contributed by atoms with Gasteiger partial charge < -0.3 is 4.74 Å². The van der Waals surface area contributed by atoms with Crippen molar-refractivity contribution in [3.63, 3.8) is 0 Å². The molecule has 1 aromatic carbocycles. The number of hydrogen-bond donors (Lipinski definition) is 5. The van der Waals surface area contributed by atoms with Crippen LogP contribution in [0.25, 0.3) is 11.1 Å². The predicted octanol–water partition coefficient (Wildman–Crippen LogP) is -0.734. The average Bonchev–Trinajstić information content (AvgIpc) is 3.31. The number of carbonyl (C=O) groups excluding carboxylic acids is 1. The number of benzene rings is 1. The molecule has 2 heterocycles. The highest BCUT2D eigenvalue weighted by Crippen LogP contribution is 2.32. The lowest BCUT2D eigenvalue weighted by atomic mass is 10.0. The summed E-state index contributed by atoms with van der Waals surface area (Å²) in [5, 5.41) is 9.63. The maximum absolute atomic E-state index is 12.0. The number of nitrogens with zero attached hydrogens (tertiary/aromatic N) is 2. The Balaban J connectivity index is 1.94. The molecule has 6 N–H and O–H groups in total. The Hall–Kier alpha value is -2.35. The Morgan fingerprint density at radius 1 is 1.33 bits per heavy atom. The van der Waals surface area contributed by atoms with Crippen LogP contribution in [0.5, 0.6) is 0 Å². The maximum Gasteiger partial charge on any atom is 0.307 e. The van der Waals surface area contributed by atoms with Crippen LogP contribution in [0, 0.1) is 0 Å². The zero-order chi connectivity index (χ0) is 19.4. The standard InChI is InChI=1S/C15H21N7O4S/c1-2-26-13(23)6-7-22-9-10(8-17-22)11-4-3-5-12(27(16,24)25)14(11)15-18-20-21-19-15/h3-5,8-9,15,18-21H,2,6-7H2,1H3,(H2,16,24,25).